The maximum absolute atomic E-state index is 10.6. The van der Waals surface area contributed by atoms with Gasteiger partial charge in [0, 0.05) is 0 Å². The zero-order valence-electron chi connectivity index (χ0n) is 8.08. The topological polar surface area (TPSA) is 107 Å². The molecule has 0 fully saturated rings. The second kappa shape index (κ2) is 3.95. The van der Waals surface area contributed by atoms with E-state index in [9.17, 15) is 14.9 Å². The molecule has 8 heteroatoms. The van der Waals surface area contributed by atoms with Gasteiger partial charge in [-0.2, -0.15) is 0 Å². The molecule has 1 aromatic heterocycles. The Labute approximate surface area is 84.2 Å². The minimum absolute atomic E-state index is 0.201. The molecule has 0 bridgehead atoms. The molecule has 0 radical (unpaired) electrons. The van der Waals surface area contributed by atoms with E-state index in [1.807, 2.05) is 0 Å². The summed E-state index contributed by atoms with van der Waals surface area (Å²) in [4.78, 5) is 20.4. The number of nitro groups is 1. The van der Waals surface area contributed by atoms with Crippen LogP contribution in [-0.2, 0) is 4.79 Å². The van der Waals surface area contributed by atoms with Crippen LogP contribution >= 0.6 is 0 Å². The van der Waals surface area contributed by atoms with Gasteiger partial charge in [-0.1, -0.05) is 0 Å². The van der Waals surface area contributed by atoms with Crippen LogP contribution in [0.15, 0.2) is 6.20 Å². The first-order valence-corrected chi connectivity index (χ1v) is 3.97. The molecule has 15 heavy (non-hydrogen) atoms. The molecule has 1 rings (SSSR count). The van der Waals surface area contributed by atoms with Crippen LogP contribution in [-0.4, -0.2) is 32.9 Å². The van der Waals surface area contributed by atoms with Gasteiger partial charge < -0.3 is 9.84 Å². The Morgan fingerprint density at radius 3 is 2.73 bits per heavy atom. The first-order valence-electron chi connectivity index (χ1n) is 3.97. The van der Waals surface area contributed by atoms with E-state index in [4.69, 9.17) is 5.11 Å². The Morgan fingerprint density at radius 2 is 2.40 bits per heavy atom. The van der Waals surface area contributed by atoms with Crippen molar-refractivity contribution >= 4 is 11.7 Å². The van der Waals surface area contributed by atoms with Gasteiger partial charge in [-0.25, -0.2) is 9.48 Å². The van der Waals surface area contributed by atoms with E-state index >= 15 is 0 Å². The summed E-state index contributed by atoms with van der Waals surface area (Å²) in [6, 6.07) is -0.979. The molecule has 0 unspecified atom stereocenters. The number of ether oxygens (including phenoxy) is 1. The molecular weight excluding hydrogens is 206 g/mol. The number of hydrogen-bond acceptors (Lipinski definition) is 5. The predicted molar refractivity (Wildman–Crippen MR) is 47.8 cm³/mol. The standard InChI is InChI=1S/C7H9N3O5/c1-4(7(11)12)9-3-5(10(13)14)6(8-9)15-2/h3-4H,1-2H3,(H,11,12)/t4-/m1/s1. The Bertz CT molecular complexity index is 399. The molecule has 0 aromatic carbocycles. The fourth-order valence-corrected chi connectivity index (χ4v) is 0.948. The van der Waals surface area contributed by atoms with Gasteiger partial charge in [0.2, 0.25) is 0 Å². The van der Waals surface area contributed by atoms with Gasteiger partial charge in [-0.3, -0.25) is 10.1 Å². The van der Waals surface area contributed by atoms with Crippen LogP contribution in [0.3, 0.4) is 0 Å². The minimum atomic E-state index is -1.13. The highest BCUT2D eigenvalue weighted by Gasteiger charge is 2.24. The quantitative estimate of drug-likeness (QED) is 0.576. The molecule has 1 aromatic rings. The summed E-state index contributed by atoms with van der Waals surface area (Å²) < 4.78 is 5.62. The molecule has 0 aliphatic heterocycles. The minimum Gasteiger partial charge on any atom is -0.480 e. The lowest BCUT2D eigenvalue weighted by Gasteiger charge is -2.03. The highest BCUT2D eigenvalue weighted by molar-refractivity contribution is 5.71. The van der Waals surface area contributed by atoms with Gasteiger partial charge >= 0.3 is 17.5 Å². The van der Waals surface area contributed by atoms with Crippen molar-refractivity contribution in [1.29, 1.82) is 0 Å². The van der Waals surface area contributed by atoms with Crippen LogP contribution in [0, 0.1) is 10.1 Å². The van der Waals surface area contributed by atoms with Crippen LogP contribution < -0.4 is 4.74 Å². The molecule has 0 aliphatic rings. The molecule has 0 saturated carbocycles. The third-order valence-electron chi connectivity index (χ3n) is 1.82. The fraction of sp³-hybridized carbons (Fsp3) is 0.429. The molecule has 1 N–H and O–H groups in total. The first-order chi connectivity index (χ1) is 6.97. The summed E-state index contributed by atoms with van der Waals surface area (Å²) in [6.07, 6.45) is 1.03. The lowest BCUT2D eigenvalue weighted by Crippen LogP contribution is -2.15. The number of carboxylic acids is 1. The van der Waals surface area contributed by atoms with Crippen LogP contribution in [0.1, 0.15) is 13.0 Å². The number of methoxy groups -OCH3 is 1. The van der Waals surface area contributed by atoms with E-state index in [1.54, 1.807) is 0 Å². The highest BCUT2D eigenvalue weighted by Crippen LogP contribution is 2.25. The number of carbonyl (C=O) groups is 1. The molecular formula is C7H9N3O5. The van der Waals surface area contributed by atoms with E-state index in [0.29, 0.717) is 0 Å². The summed E-state index contributed by atoms with van der Waals surface area (Å²) in [6.45, 7) is 1.36. The summed E-state index contributed by atoms with van der Waals surface area (Å²) in [5, 5.41) is 22.8. The van der Waals surface area contributed by atoms with E-state index in [2.05, 4.69) is 9.84 Å². The number of nitrogens with zero attached hydrogens (tertiary/aromatic N) is 3. The lowest BCUT2D eigenvalue weighted by molar-refractivity contribution is -0.385. The van der Waals surface area contributed by atoms with Crippen LogP contribution in [0.5, 0.6) is 5.88 Å². The van der Waals surface area contributed by atoms with E-state index in [1.165, 1.54) is 14.0 Å². The second-order valence-electron chi connectivity index (χ2n) is 2.77. The van der Waals surface area contributed by atoms with E-state index < -0.39 is 16.9 Å². The zero-order valence-corrected chi connectivity index (χ0v) is 8.08. The van der Waals surface area contributed by atoms with Crippen molar-refractivity contribution in [2.24, 2.45) is 0 Å². The SMILES string of the molecule is COc1nn([C@H](C)C(=O)O)cc1[N+](=O)[O-]. The monoisotopic (exact) mass is 215 g/mol. The van der Waals surface area contributed by atoms with Crippen molar-refractivity contribution in [1.82, 2.24) is 9.78 Å². The van der Waals surface area contributed by atoms with Crippen molar-refractivity contribution in [2.45, 2.75) is 13.0 Å². The Kier molecular flexibility index (Phi) is 2.88. The Morgan fingerprint density at radius 1 is 1.80 bits per heavy atom. The smallest absolute Gasteiger partial charge is 0.350 e. The average molecular weight is 215 g/mol. The number of carboxylic acid groups (broad SMARTS) is 1. The van der Waals surface area contributed by atoms with Crippen LogP contribution in [0.4, 0.5) is 5.69 Å². The van der Waals surface area contributed by atoms with Crippen molar-refractivity contribution < 1.29 is 19.6 Å². The Balaban J connectivity index is 3.13. The van der Waals surface area contributed by atoms with Crippen molar-refractivity contribution in [3.63, 3.8) is 0 Å². The maximum Gasteiger partial charge on any atom is 0.350 e. The maximum atomic E-state index is 10.6. The molecule has 1 heterocycles. The summed E-state index contributed by atoms with van der Waals surface area (Å²) in [5.41, 5.74) is -0.356. The molecule has 1 atom stereocenters. The fourth-order valence-electron chi connectivity index (χ4n) is 0.948. The third-order valence-corrected chi connectivity index (χ3v) is 1.82. The largest absolute Gasteiger partial charge is 0.480 e. The van der Waals surface area contributed by atoms with Gasteiger partial charge in [0.1, 0.15) is 12.2 Å². The molecule has 82 valence electrons. The lowest BCUT2D eigenvalue weighted by atomic mass is 10.3. The van der Waals surface area contributed by atoms with Crippen LogP contribution in [0.25, 0.3) is 0 Å². The number of aliphatic carboxylic acids is 1. The van der Waals surface area contributed by atoms with E-state index in [-0.39, 0.29) is 11.6 Å². The second-order valence-corrected chi connectivity index (χ2v) is 2.77. The highest BCUT2D eigenvalue weighted by atomic mass is 16.6. The van der Waals surface area contributed by atoms with Gasteiger partial charge in [0.05, 0.1) is 12.0 Å². The number of rotatable bonds is 4. The normalized spacial score (nSPS) is 12.1. The van der Waals surface area contributed by atoms with Gasteiger partial charge in [-0.15, -0.1) is 5.10 Å². The van der Waals surface area contributed by atoms with Gasteiger partial charge in [-0.05, 0) is 6.92 Å². The molecule has 0 aliphatic carbocycles. The Hall–Kier alpha value is -2.12. The average Bonchev–Trinajstić information content (AvgIpc) is 2.59. The number of aromatic nitrogens is 2. The molecule has 8 nitrogen and oxygen atoms in total. The third kappa shape index (κ3) is 2.03. The van der Waals surface area contributed by atoms with Crippen molar-refractivity contribution in [3.05, 3.63) is 16.3 Å². The predicted octanol–water partition coefficient (Wildman–Crippen LogP) is 0.445. The molecule has 0 saturated heterocycles. The van der Waals surface area contributed by atoms with Crippen molar-refractivity contribution in [3.8, 4) is 5.88 Å². The summed E-state index contributed by atoms with van der Waals surface area (Å²) >= 11 is 0. The van der Waals surface area contributed by atoms with Gasteiger partial charge in [0.25, 0.3) is 0 Å². The zero-order chi connectivity index (χ0) is 11.6. The van der Waals surface area contributed by atoms with Crippen molar-refractivity contribution in [2.75, 3.05) is 7.11 Å². The first kappa shape index (κ1) is 11.0. The number of hydrogen-bond donors (Lipinski definition) is 1. The molecule has 0 spiro atoms. The summed E-state index contributed by atoms with van der Waals surface area (Å²) in [5.74, 6) is -1.33. The van der Waals surface area contributed by atoms with Gasteiger partial charge in [0.15, 0.2) is 0 Å². The van der Waals surface area contributed by atoms with Crippen LogP contribution in [0.2, 0.25) is 0 Å². The summed E-state index contributed by atoms with van der Waals surface area (Å²) in [7, 11) is 1.23. The molecule has 0 amide bonds. The van der Waals surface area contributed by atoms with E-state index in [0.717, 1.165) is 10.9 Å².